The molecule has 4 rings (SSSR count). The molecule has 2 fully saturated rings. The van der Waals surface area contributed by atoms with Crippen LogP contribution in [0.15, 0.2) is 36.5 Å². The minimum Gasteiger partial charge on any atom is -0.351 e. The van der Waals surface area contributed by atoms with E-state index in [0.29, 0.717) is 12.5 Å². The third-order valence-electron chi connectivity index (χ3n) is 4.94. The SMILES string of the molecule is Cl.O=C(NCCN1CCNCC1)c1cnn(-c2ccccc2)c1C1CC1. The number of para-hydroxylation sites is 1. The van der Waals surface area contributed by atoms with E-state index in [1.165, 1.54) is 0 Å². The van der Waals surface area contributed by atoms with Gasteiger partial charge in [0.1, 0.15) is 0 Å². The van der Waals surface area contributed by atoms with Gasteiger partial charge in [-0.3, -0.25) is 9.69 Å². The molecular weight excluding hydrogens is 350 g/mol. The number of hydrogen-bond acceptors (Lipinski definition) is 4. The molecule has 2 aromatic rings. The molecule has 1 aliphatic heterocycles. The summed E-state index contributed by atoms with van der Waals surface area (Å²) in [5.41, 5.74) is 2.81. The van der Waals surface area contributed by atoms with Crippen LogP contribution >= 0.6 is 12.4 Å². The Morgan fingerprint density at radius 3 is 2.62 bits per heavy atom. The fourth-order valence-electron chi connectivity index (χ4n) is 3.41. The zero-order chi connectivity index (χ0) is 17.1. The van der Waals surface area contributed by atoms with Crippen LogP contribution in [0.5, 0.6) is 0 Å². The summed E-state index contributed by atoms with van der Waals surface area (Å²) in [4.78, 5) is 15.1. The first kappa shape index (κ1) is 18.9. The molecule has 2 N–H and O–H groups in total. The van der Waals surface area contributed by atoms with E-state index >= 15 is 0 Å². The molecule has 0 atom stereocenters. The molecule has 1 saturated carbocycles. The molecule has 6 nitrogen and oxygen atoms in total. The fraction of sp³-hybridized carbons (Fsp3) is 0.474. The molecule has 1 aromatic carbocycles. The Balaban J connectivity index is 0.00000196. The van der Waals surface area contributed by atoms with Crippen molar-refractivity contribution >= 4 is 18.3 Å². The van der Waals surface area contributed by atoms with E-state index in [-0.39, 0.29) is 18.3 Å². The summed E-state index contributed by atoms with van der Waals surface area (Å²) in [5.74, 6) is 0.454. The number of rotatable bonds is 6. The number of hydrogen-bond donors (Lipinski definition) is 2. The first-order valence-corrected chi connectivity index (χ1v) is 9.17. The molecule has 140 valence electrons. The van der Waals surface area contributed by atoms with Crippen molar-refractivity contribution in [3.05, 3.63) is 47.8 Å². The lowest BCUT2D eigenvalue weighted by molar-refractivity contribution is 0.0946. The number of halogens is 1. The smallest absolute Gasteiger partial charge is 0.254 e. The van der Waals surface area contributed by atoms with Gasteiger partial charge in [-0.2, -0.15) is 5.10 Å². The third kappa shape index (κ3) is 4.26. The van der Waals surface area contributed by atoms with Gasteiger partial charge >= 0.3 is 0 Å². The van der Waals surface area contributed by atoms with Gasteiger partial charge in [-0.05, 0) is 25.0 Å². The molecule has 2 aliphatic rings. The number of piperazine rings is 1. The Morgan fingerprint density at radius 2 is 1.92 bits per heavy atom. The normalized spacial score (nSPS) is 17.5. The summed E-state index contributed by atoms with van der Waals surface area (Å²) < 4.78 is 1.93. The third-order valence-corrected chi connectivity index (χ3v) is 4.94. The van der Waals surface area contributed by atoms with Crippen molar-refractivity contribution in [1.29, 1.82) is 0 Å². The van der Waals surface area contributed by atoms with Gasteiger partial charge in [0.2, 0.25) is 0 Å². The van der Waals surface area contributed by atoms with Crippen molar-refractivity contribution in [2.45, 2.75) is 18.8 Å². The predicted octanol–water partition coefficient (Wildman–Crippen LogP) is 1.81. The second-order valence-corrected chi connectivity index (χ2v) is 6.81. The van der Waals surface area contributed by atoms with Crippen LogP contribution in [-0.2, 0) is 0 Å². The molecular formula is C19H26ClN5O. The zero-order valence-electron chi connectivity index (χ0n) is 14.9. The Labute approximate surface area is 160 Å². The topological polar surface area (TPSA) is 62.2 Å². The van der Waals surface area contributed by atoms with Crippen molar-refractivity contribution in [2.24, 2.45) is 0 Å². The Bertz CT molecular complexity index is 723. The quantitative estimate of drug-likeness (QED) is 0.808. The van der Waals surface area contributed by atoms with Crippen molar-refractivity contribution in [3.8, 4) is 5.69 Å². The van der Waals surface area contributed by atoms with Crippen LogP contribution in [0.25, 0.3) is 5.69 Å². The van der Waals surface area contributed by atoms with Gasteiger partial charge in [-0.25, -0.2) is 4.68 Å². The van der Waals surface area contributed by atoms with Crippen molar-refractivity contribution in [1.82, 2.24) is 25.3 Å². The predicted molar refractivity (Wildman–Crippen MR) is 104 cm³/mol. The highest BCUT2D eigenvalue weighted by atomic mass is 35.5. The van der Waals surface area contributed by atoms with Crippen LogP contribution in [0, 0.1) is 0 Å². The van der Waals surface area contributed by atoms with Gasteiger partial charge in [-0.1, -0.05) is 18.2 Å². The maximum absolute atomic E-state index is 12.7. The minimum atomic E-state index is -0.000726. The minimum absolute atomic E-state index is 0. The van der Waals surface area contributed by atoms with Gasteiger partial charge in [0.15, 0.2) is 0 Å². The Morgan fingerprint density at radius 1 is 1.19 bits per heavy atom. The summed E-state index contributed by atoms with van der Waals surface area (Å²) in [6.07, 6.45) is 4.00. The second-order valence-electron chi connectivity index (χ2n) is 6.81. The van der Waals surface area contributed by atoms with Crippen molar-refractivity contribution in [3.63, 3.8) is 0 Å². The van der Waals surface area contributed by atoms with Crippen LogP contribution in [0.3, 0.4) is 0 Å². The number of amides is 1. The van der Waals surface area contributed by atoms with Crippen LogP contribution in [0.1, 0.15) is 34.8 Å². The van der Waals surface area contributed by atoms with Gasteiger partial charge < -0.3 is 10.6 Å². The molecule has 26 heavy (non-hydrogen) atoms. The Hall–Kier alpha value is -1.89. The molecule has 1 saturated heterocycles. The average Bonchev–Trinajstić information content (AvgIpc) is 3.41. The van der Waals surface area contributed by atoms with Crippen LogP contribution < -0.4 is 10.6 Å². The number of benzene rings is 1. The molecule has 0 spiro atoms. The van der Waals surface area contributed by atoms with E-state index in [1.807, 2.05) is 35.0 Å². The van der Waals surface area contributed by atoms with E-state index in [4.69, 9.17) is 0 Å². The molecule has 2 heterocycles. The summed E-state index contributed by atoms with van der Waals surface area (Å²) in [6, 6.07) is 10.1. The largest absolute Gasteiger partial charge is 0.351 e. The highest BCUT2D eigenvalue weighted by Gasteiger charge is 2.32. The average molecular weight is 376 g/mol. The summed E-state index contributed by atoms with van der Waals surface area (Å²) in [5, 5.41) is 10.9. The van der Waals surface area contributed by atoms with Gasteiger partial charge in [0, 0.05) is 45.2 Å². The molecule has 0 unspecified atom stereocenters. The molecule has 0 bridgehead atoms. The molecule has 7 heteroatoms. The Kier molecular flexibility index (Phi) is 6.29. The second kappa shape index (κ2) is 8.66. The maximum Gasteiger partial charge on any atom is 0.254 e. The number of aromatic nitrogens is 2. The summed E-state index contributed by atoms with van der Waals surface area (Å²) >= 11 is 0. The maximum atomic E-state index is 12.7. The lowest BCUT2D eigenvalue weighted by Crippen LogP contribution is -2.46. The summed E-state index contributed by atoms with van der Waals surface area (Å²) in [6.45, 7) is 5.75. The first-order valence-electron chi connectivity index (χ1n) is 9.17. The van der Waals surface area contributed by atoms with Gasteiger partial charge in [0.25, 0.3) is 5.91 Å². The first-order chi connectivity index (χ1) is 12.3. The molecule has 0 radical (unpaired) electrons. The fourth-order valence-corrected chi connectivity index (χ4v) is 3.41. The monoisotopic (exact) mass is 375 g/mol. The van der Waals surface area contributed by atoms with E-state index in [0.717, 1.165) is 62.5 Å². The van der Waals surface area contributed by atoms with Gasteiger partial charge in [0.05, 0.1) is 23.1 Å². The number of nitrogens with zero attached hydrogens (tertiary/aromatic N) is 3. The summed E-state index contributed by atoms with van der Waals surface area (Å²) in [7, 11) is 0. The standard InChI is InChI=1S/C19H25N5O.ClH/c25-19(21-10-13-23-11-8-20-9-12-23)17-14-22-24(18(17)15-6-7-15)16-4-2-1-3-5-16;/h1-5,14-15,20H,6-13H2,(H,21,25);1H. The lowest BCUT2D eigenvalue weighted by Gasteiger charge is -2.27. The molecule has 1 aliphatic carbocycles. The highest BCUT2D eigenvalue weighted by molar-refractivity contribution is 5.95. The van der Waals surface area contributed by atoms with Gasteiger partial charge in [-0.15, -0.1) is 12.4 Å². The van der Waals surface area contributed by atoms with Crippen LogP contribution in [0.2, 0.25) is 0 Å². The van der Waals surface area contributed by atoms with Crippen LogP contribution in [-0.4, -0.2) is 59.9 Å². The van der Waals surface area contributed by atoms with E-state index in [2.05, 4.69) is 20.6 Å². The number of carbonyl (C=O) groups is 1. The number of carbonyl (C=O) groups excluding carboxylic acids is 1. The van der Waals surface area contributed by atoms with Crippen molar-refractivity contribution < 1.29 is 4.79 Å². The van der Waals surface area contributed by atoms with Crippen LogP contribution in [0.4, 0.5) is 0 Å². The number of nitrogens with one attached hydrogen (secondary N) is 2. The highest BCUT2D eigenvalue weighted by Crippen LogP contribution is 2.42. The van der Waals surface area contributed by atoms with E-state index < -0.39 is 0 Å². The molecule has 1 amide bonds. The van der Waals surface area contributed by atoms with Crippen molar-refractivity contribution in [2.75, 3.05) is 39.3 Å². The van der Waals surface area contributed by atoms with E-state index in [1.54, 1.807) is 6.20 Å². The lowest BCUT2D eigenvalue weighted by atomic mass is 10.1. The van der Waals surface area contributed by atoms with E-state index in [9.17, 15) is 4.79 Å². The zero-order valence-corrected chi connectivity index (χ0v) is 15.7. The molecule has 1 aromatic heterocycles.